The van der Waals surface area contributed by atoms with Gasteiger partial charge in [0.2, 0.25) is 0 Å². The van der Waals surface area contributed by atoms with Gasteiger partial charge in [0.1, 0.15) is 6.10 Å². The fraction of sp³-hybridized carbons (Fsp3) is 0.600. The van der Waals surface area contributed by atoms with Crippen LogP contribution < -0.4 is 14.8 Å². The molecule has 0 saturated heterocycles. The van der Waals surface area contributed by atoms with Crippen molar-refractivity contribution in [1.82, 2.24) is 5.32 Å². The Kier molecular flexibility index (Phi) is 6.58. The van der Waals surface area contributed by atoms with E-state index in [2.05, 4.69) is 26.1 Å². The summed E-state index contributed by atoms with van der Waals surface area (Å²) in [6.45, 7) is 8.43. The molecule has 0 aliphatic heterocycles. The monoisotopic (exact) mass is 251 g/mol. The van der Waals surface area contributed by atoms with Crippen LogP contribution in [0.25, 0.3) is 0 Å². The van der Waals surface area contributed by atoms with Gasteiger partial charge in [-0.2, -0.15) is 0 Å². The second-order valence-electron chi connectivity index (χ2n) is 4.85. The summed E-state index contributed by atoms with van der Waals surface area (Å²) in [6.07, 6.45) is 1.16. The zero-order valence-electron chi connectivity index (χ0n) is 11.9. The number of ether oxygens (including phenoxy) is 2. The predicted octanol–water partition coefficient (Wildman–Crippen LogP) is 3.10. The van der Waals surface area contributed by atoms with E-state index in [4.69, 9.17) is 9.47 Å². The molecule has 0 amide bonds. The Balaban J connectivity index is 2.51. The molecular formula is C15H25NO2. The summed E-state index contributed by atoms with van der Waals surface area (Å²) < 4.78 is 11.3. The Morgan fingerprint density at radius 2 is 1.78 bits per heavy atom. The Morgan fingerprint density at radius 3 is 2.33 bits per heavy atom. The van der Waals surface area contributed by atoms with Crippen LogP contribution >= 0.6 is 0 Å². The average Bonchev–Trinajstić information content (AvgIpc) is 2.37. The van der Waals surface area contributed by atoms with Crippen LogP contribution in [0.2, 0.25) is 0 Å². The summed E-state index contributed by atoms with van der Waals surface area (Å²) in [5, 5.41) is 3.43. The van der Waals surface area contributed by atoms with Crippen molar-refractivity contribution in [2.75, 3.05) is 20.2 Å². The molecular weight excluding hydrogens is 226 g/mol. The third-order valence-corrected chi connectivity index (χ3v) is 2.74. The van der Waals surface area contributed by atoms with Gasteiger partial charge in [-0.05, 0) is 31.0 Å². The maximum atomic E-state index is 5.98. The molecule has 0 saturated carbocycles. The molecule has 0 bridgehead atoms. The zero-order chi connectivity index (χ0) is 13.4. The first-order valence-corrected chi connectivity index (χ1v) is 6.67. The number of para-hydroxylation sites is 2. The summed E-state index contributed by atoms with van der Waals surface area (Å²) in [5.41, 5.74) is 0. The van der Waals surface area contributed by atoms with Crippen LogP contribution in [0.15, 0.2) is 24.3 Å². The maximum Gasteiger partial charge on any atom is 0.161 e. The van der Waals surface area contributed by atoms with Gasteiger partial charge >= 0.3 is 0 Å². The molecule has 1 rings (SSSR count). The van der Waals surface area contributed by atoms with Gasteiger partial charge in [0.15, 0.2) is 11.5 Å². The minimum Gasteiger partial charge on any atom is -0.493 e. The first kappa shape index (κ1) is 14.8. The summed E-state index contributed by atoms with van der Waals surface area (Å²) in [7, 11) is 1.67. The van der Waals surface area contributed by atoms with Crippen molar-refractivity contribution in [2.24, 2.45) is 5.92 Å². The SMILES string of the molecule is CCC(CNCC(C)C)Oc1ccccc1OC. The van der Waals surface area contributed by atoms with Gasteiger partial charge < -0.3 is 14.8 Å². The summed E-state index contributed by atoms with van der Waals surface area (Å²) in [5.74, 6) is 2.27. The molecule has 102 valence electrons. The van der Waals surface area contributed by atoms with Crippen molar-refractivity contribution < 1.29 is 9.47 Å². The van der Waals surface area contributed by atoms with Gasteiger partial charge in [-0.25, -0.2) is 0 Å². The highest BCUT2D eigenvalue weighted by Crippen LogP contribution is 2.27. The minimum atomic E-state index is 0.181. The van der Waals surface area contributed by atoms with E-state index in [1.807, 2.05) is 24.3 Å². The van der Waals surface area contributed by atoms with Gasteiger partial charge in [0.05, 0.1) is 7.11 Å². The standard InChI is InChI=1S/C15H25NO2/c1-5-13(11-16-10-12(2)3)18-15-9-7-6-8-14(15)17-4/h6-9,12-13,16H,5,10-11H2,1-4H3. The van der Waals surface area contributed by atoms with Crippen LogP contribution in [0.5, 0.6) is 11.5 Å². The lowest BCUT2D eigenvalue weighted by molar-refractivity contribution is 0.184. The molecule has 18 heavy (non-hydrogen) atoms. The highest BCUT2D eigenvalue weighted by molar-refractivity contribution is 5.39. The number of benzene rings is 1. The molecule has 3 nitrogen and oxygen atoms in total. The number of methoxy groups -OCH3 is 1. The quantitative estimate of drug-likeness (QED) is 0.770. The van der Waals surface area contributed by atoms with Crippen LogP contribution in [-0.4, -0.2) is 26.3 Å². The lowest BCUT2D eigenvalue weighted by Gasteiger charge is -2.20. The fourth-order valence-electron chi connectivity index (χ4n) is 1.70. The average molecular weight is 251 g/mol. The lowest BCUT2D eigenvalue weighted by atomic mass is 10.2. The van der Waals surface area contributed by atoms with Crippen LogP contribution in [-0.2, 0) is 0 Å². The lowest BCUT2D eigenvalue weighted by Crippen LogP contribution is -2.33. The molecule has 0 spiro atoms. The van der Waals surface area contributed by atoms with E-state index in [1.54, 1.807) is 7.11 Å². The summed E-state index contributed by atoms with van der Waals surface area (Å²) in [6, 6.07) is 7.78. The Labute approximate surface area is 110 Å². The normalized spacial score (nSPS) is 12.5. The van der Waals surface area contributed by atoms with Gasteiger partial charge in [-0.15, -0.1) is 0 Å². The van der Waals surface area contributed by atoms with Crippen LogP contribution in [0.4, 0.5) is 0 Å². The first-order chi connectivity index (χ1) is 8.67. The van der Waals surface area contributed by atoms with E-state index in [1.165, 1.54) is 0 Å². The van der Waals surface area contributed by atoms with Gasteiger partial charge in [-0.1, -0.05) is 32.9 Å². The first-order valence-electron chi connectivity index (χ1n) is 6.67. The van der Waals surface area contributed by atoms with E-state index in [9.17, 15) is 0 Å². The largest absolute Gasteiger partial charge is 0.493 e. The number of nitrogens with one attached hydrogen (secondary N) is 1. The molecule has 1 atom stereocenters. The second-order valence-corrected chi connectivity index (χ2v) is 4.85. The fourth-order valence-corrected chi connectivity index (χ4v) is 1.70. The third-order valence-electron chi connectivity index (χ3n) is 2.74. The second kappa shape index (κ2) is 7.98. The molecule has 1 unspecified atom stereocenters. The molecule has 0 aromatic heterocycles. The third kappa shape index (κ3) is 4.96. The van der Waals surface area contributed by atoms with Crippen LogP contribution in [0.1, 0.15) is 27.2 Å². The Morgan fingerprint density at radius 1 is 1.11 bits per heavy atom. The van der Waals surface area contributed by atoms with Crippen LogP contribution in [0.3, 0.4) is 0 Å². The van der Waals surface area contributed by atoms with Crippen molar-refractivity contribution in [2.45, 2.75) is 33.3 Å². The van der Waals surface area contributed by atoms with Crippen LogP contribution in [0, 0.1) is 5.92 Å². The molecule has 0 heterocycles. The Bertz CT molecular complexity index is 339. The topological polar surface area (TPSA) is 30.5 Å². The smallest absolute Gasteiger partial charge is 0.161 e. The van der Waals surface area contributed by atoms with Gasteiger partial charge in [-0.3, -0.25) is 0 Å². The van der Waals surface area contributed by atoms with Crippen molar-refractivity contribution in [3.63, 3.8) is 0 Å². The number of hydrogen-bond donors (Lipinski definition) is 1. The predicted molar refractivity (Wildman–Crippen MR) is 75.4 cm³/mol. The van der Waals surface area contributed by atoms with E-state index in [0.717, 1.165) is 31.0 Å². The highest BCUT2D eigenvalue weighted by Gasteiger charge is 2.11. The molecule has 0 aliphatic rings. The molecule has 1 N–H and O–H groups in total. The van der Waals surface area contributed by atoms with E-state index >= 15 is 0 Å². The van der Waals surface area contributed by atoms with Gasteiger partial charge in [0, 0.05) is 6.54 Å². The maximum absolute atomic E-state index is 5.98. The highest BCUT2D eigenvalue weighted by atomic mass is 16.5. The number of rotatable bonds is 8. The molecule has 0 fully saturated rings. The van der Waals surface area contributed by atoms with Crippen molar-refractivity contribution >= 4 is 0 Å². The van der Waals surface area contributed by atoms with E-state index < -0.39 is 0 Å². The minimum absolute atomic E-state index is 0.181. The van der Waals surface area contributed by atoms with Crippen molar-refractivity contribution in [3.8, 4) is 11.5 Å². The van der Waals surface area contributed by atoms with Gasteiger partial charge in [0.25, 0.3) is 0 Å². The molecule has 0 aliphatic carbocycles. The zero-order valence-corrected chi connectivity index (χ0v) is 11.9. The number of hydrogen-bond acceptors (Lipinski definition) is 3. The summed E-state index contributed by atoms with van der Waals surface area (Å²) in [4.78, 5) is 0. The van der Waals surface area contributed by atoms with E-state index in [0.29, 0.717) is 5.92 Å². The van der Waals surface area contributed by atoms with Crippen molar-refractivity contribution in [3.05, 3.63) is 24.3 Å². The molecule has 1 aromatic rings. The molecule has 0 radical (unpaired) electrons. The summed E-state index contributed by atoms with van der Waals surface area (Å²) >= 11 is 0. The molecule has 1 aromatic carbocycles. The van der Waals surface area contributed by atoms with Crippen molar-refractivity contribution in [1.29, 1.82) is 0 Å². The molecule has 3 heteroatoms. The van der Waals surface area contributed by atoms with E-state index in [-0.39, 0.29) is 6.10 Å². The Hall–Kier alpha value is -1.22.